The van der Waals surface area contributed by atoms with Crippen LogP contribution in [0, 0.1) is 5.92 Å². The normalized spacial score (nSPS) is 25.6. The van der Waals surface area contributed by atoms with E-state index in [1.165, 1.54) is 0 Å². The van der Waals surface area contributed by atoms with Crippen LogP contribution in [0.5, 0.6) is 0 Å². The molecule has 2 aliphatic heterocycles. The molecule has 3 aromatic rings. The fraction of sp³-hybridized carbons (Fsp3) is 0.419. The number of methoxy groups -OCH3 is 1. The van der Waals surface area contributed by atoms with Crippen LogP contribution in [0.15, 0.2) is 83.8 Å². The van der Waals surface area contributed by atoms with E-state index in [0.29, 0.717) is 18.3 Å². The predicted molar refractivity (Wildman–Crippen MR) is 153 cm³/mol. The first-order valence-electron chi connectivity index (χ1n) is 13.8. The minimum atomic E-state index is -3.74. The maximum Gasteiger partial charge on any atom is 0.261 e. The van der Waals surface area contributed by atoms with E-state index in [1.807, 2.05) is 30.3 Å². The molecular formula is C31H38N2O6S. The van der Waals surface area contributed by atoms with Gasteiger partial charge in [-0.25, -0.2) is 8.42 Å². The summed E-state index contributed by atoms with van der Waals surface area (Å²) >= 11 is 0. The average Bonchev–Trinajstić information content (AvgIpc) is 3.41. The number of hydrogen-bond donors (Lipinski definition) is 2. The Morgan fingerprint density at radius 2 is 1.77 bits per heavy atom. The van der Waals surface area contributed by atoms with E-state index in [2.05, 4.69) is 16.5 Å². The largest absolute Gasteiger partial charge is 0.392 e. The van der Waals surface area contributed by atoms with Gasteiger partial charge in [0.05, 0.1) is 30.3 Å². The van der Waals surface area contributed by atoms with Crippen LogP contribution in [0.25, 0.3) is 0 Å². The minimum Gasteiger partial charge on any atom is -0.392 e. The molecule has 8 nitrogen and oxygen atoms in total. The van der Waals surface area contributed by atoms with Gasteiger partial charge in [-0.15, -0.1) is 0 Å². The molecule has 0 amide bonds. The van der Waals surface area contributed by atoms with Crippen LogP contribution in [-0.4, -0.2) is 57.4 Å². The second-order valence-electron chi connectivity index (χ2n) is 10.6. The van der Waals surface area contributed by atoms with E-state index < -0.39 is 16.3 Å². The summed E-state index contributed by atoms with van der Waals surface area (Å²) in [6, 6.07) is 23.7. The van der Waals surface area contributed by atoms with Crippen molar-refractivity contribution in [2.24, 2.45) is 5.92 Å². The number of aliphatic hydroxyl groups excluding tert-OH is 1. The number of rotatable bonds is 10. The third-order valence-corrected chi connectivity index (χ3v) is 9.26. The highest BCUT2D eigenvalue weighted by Crippen LogP contribution is 2.42. The zero-order valence-electron chi connectivity index (χ0n) is 23.0. The van der Waals surface area contributed by atoms with Crippen LogP contribution < -0.4 is 4.72 Å². The predicted octanol–water partition coefficient (Wildman–Crippen LogP) is 4.88. The van der Waals surface area contributed by atoms with Crippen LogP contribution in [-0.2, 0) is 30.8 Å². The van der Waals surface area contributed by atoms with Crippen LogP contribution >= 0.6 is 0 Å². The van der Waals surface area contributed by atoms with Crippen LogP contribution in [0.3, 0.4) is 0 Å². The Morgan fingerprint density at radius 1 is 1.00 bits per heavy atom. The van der Waals surface area contributed by atoms with Gasteiger partial charge in [0.2, 0.25) is 0 Å². The molecule has 2 saturated heterocycles. The molecule has 2 fully saturated rings. The van der Waals surface area contributed by atoms with Crippen molar-refractivity contribution in [1.29, 1.82) is 0 Å². The Hall–Kier alpha value is -2.79. The fourth-order valence-electron chi connectivity index (χ4n) is 5.64. The van der Waals surface area contributed by atoms with Crippen molar-refractivity contribution in [1.82, 2.24) is 4.90 Å². The number of nitrogens with zero attached hydrogens (tertiary/aromatic N) is 1. The van der Waals surface area contributed by atoms with Crippen molar-refractivity contribution in [2.45, 2.75) is 55.8 Å². The molecule has 0 saturated carbocycles. The quantitative estimate of drug-likeness (QED) is 0.361. The number of sulfonamides is 1. The Morgan fingerprint density at radius 3 is 2.50 bits per heavy atom. The van der Waals surface area contributed by atoms with E-state index in [1.54, 1.807) is 55.6 Å². The molecule has 9 heteroatoms. The molecule has 214 valence electrons. The molecule has 5 atom stereocenters. The zero-order chi connectivity index (χ0) is 28.1. The second kappa shape index (κ2) is 12.8. The van der Waals surface area contributed by atoms with Gasteiger partial charge in [0.15, 0.2) is 6.29 Å². The van der Waals surface area contributed by atoms with Crippen molar-refractivity contribution < 1.29 is 27.7 Å². The van der Waals surface area contributed by atoms with E-state index in [9.17, 15) is 13.5 Å². The van der Waals surface area contributed by atoms with Gasteiger partial charge in [0.25, 0.3) is 10.0 Å². The Bertz CT molecular complexity index is 1350. The molecule has 0 radical (unpaired) electrons. The first-order valence-corrected chi connectivity index (χ1v) is 15.3. The van der Waals surface area contributed by atoms with Gasteiger partial charge in [-0.3, -0.25) is 9.62 Å². The maximum atomic E-state index is 12.9. The van der Waals surface area contributed by atoms with E-state index in [0.717, 1.165) is 42.6 Å². The first kappa shape index (κ1) is 28.7. The lowest BCUT2D eigenvalue weighted by molar-refractivity contribution is -0.276. The zero-order valence-corrected chi connectivity index (χ0v) is 23.8. The van der Waals surface area contributed by atoms with Crippen molar-refractivity contribution in [3.05, 3.63) is 95.6 Å². The number of hydrogen-bond acceptors (Lipinski definition) is 7. The van der Waals surface area contributed by atoms with Gasteiger partial charge >= 0.3 is 0 Å². The lowest BCUT2D eigenvalue weighted by Gasteiger charge is -2.43. The van der Waals surface area contributed by atoms with Crippen LogP contribution in [0.1, 0.15) is 48.8 Å². The van der Waals surface area contributed by atoms with Crippen molar-refractivity contribution >= 4 is 15.7 Å². The number of likely N-dealkylation sites (tertiary alicyclic amines) is 1. The topological polar surface area (TPSA) is 97.3 Å². The Balaban J connectivity index is 1.41. The van der Waals surface area contributed by atoms with Gasteiger partial charge in [-0.2, -0.15) is 0 Å². The molecule has 0 bridgehead atoms. The van der Waals surface area contributed by atoms with E-state index in [4.69, 9.17) is 14.2 Å². The summed E-state index contributed by atoms with van der Waals surface area (Å²) in [6.07, 6.45) is 1.18. The third-order valence-electron chi connectivity index (χ3n) is 7.86. The monoisotopic (exact) mass is 566 g/mol. The van der Waals surface area contributed by atoms with Gasteiger partial charge in [-0.1, -0.05) is 61.5 Å². The first-order chi connectivity index (χ1) is 19.4. The summed E-state index contributed by atoms with van der Waals surface area (Å²) in [7, 11) is -2.00. The molecule has 5 rings (SSSR count). The van der Waals surface area contributed by atoms with Gasteiger partial charge in [-0.05, 0) is 54.8 Å². The highest BCUT2D eigenvalue weighted by atomic mass is 32.2. The summed E-state index contributed by atoms with van der Waals surface area (Å²) in [5.41, 5.74) is 3.03. The van der Waals surface area contributed by atoms with Crippen LogP contribution in [0.2, 0.25) is 0 Å². The highest BCUT2D eigenvalue weighted by Gasteiger charge is 2.40. The summed E-state index contributed by atoms with van der Waals surface area (Å²) in [4.78, 5) is 2.64. The SMILES string of the molecule is COC[C@@H]1CCCN1C[C@H]1O[C@@H](c2cccc(NS(=O)(=O)c3ccccc3)c2)O[C@@H](c2ccc(CO)cc2)[C@H]1C. The molecule has 0 aliphatic carbocycles. The number of nitrogens with one attached hydrogen (secondary N) is 1. The Kier molecular flexibility index (Phi) is 9.20. The van der Waals surface area contributed by atoms with Crippen LogP contribution in [0.4, 0.5) is 5.69 Å². The summed E-state index contributed by atoms with van der Waals surface area (Å²) in [5, 5.41) is 9.52. The molecule has 3 aromatic carbocycles. The molecule has 0 aromatic heterocycles. The summed E-state index contributed by atoms with van der Waals surface area (Å²) in [6.45, 7) is 4.57. The van der Waals surface area contributed by atoms with Gasteiger partial charge < -0.3 is 19.3 Å². The minimum absolute atomic E-state index is 0.0166. The lowest BCUT2D eigenvalue weighted by Crippen LogP contribution is -2.46. The number of ether oxygens (including phenoxy) is 3. The molecular weight excluding hydrogens is 528 g/mol. The standard InChI is InChI=1S/C31H38N2O6S/c1-22-29(19-33-17-7-10-27(33)21-37-2)38-31(39-30(22)24-15-13-23(20-34)14-16-24)25-8-6-9-26(18-25)32-40(35,36)28-11-4-3-5-12-28/h3-6,8-9,11-16,18,22,27,29-32,34H,7,10,17,19-21H2,1-2H3/t22-,27-,29+,30+,31+/m0/s1. The molecule has 0 spiro atoms. The lowest BCUT2D eigenvalue weighted by atomic mass is 9.90. The molecule has 2 aliphatic rings. The van der Waals surface area contributed by atoms with E-state index in [-0.39, 0.29) is 29.6 Å². The molecule has 40 heavy (non-hydrogen) atoms. The average molecular weight is 567 g/mol. The van der Waals surface area contributed by atoms with Gasteiger partial charge in [0.1, 0.15) is 0 Å². The number of benzene rings is 3. The molecule has 2 heterocycles. The van der Waals surface area contributed by atoms with Crippen molar-refractivity contribution in [3.63, 3.8) is 0 Å². The maximum absolute atomic E-state index is 12.9. The Labute approximate surface area is 236 Å². The third kappa shape index (κ3) is 6.57. The van der Waals surface area contributed by atoms with Crippen molar-refractivity contribution in [2.75, 3.05) is 31.5 Å². The summed E-state index contributed by atoms with van der Waals surface area (Å²) < 4.78 is 47.2. The fourth-order valence-corrected chi connectivity index (χ4v) is 6.71. The smallest absolute Gasteiger partial charge is 0.261 e. The van der Waals surface area contributed by atoms with Crippen molar-refractivity contribution in [3.8, 4) is 0 Å². The second-order valence-corrected chi connectivity index (χ2v) is 12.3. The molecule has 0 unspecified atom stereocenters. The highest BCUT2D eigenvalue weighted by molar-refractivity contribution is 7.92. The van der Waals surface area contributed by atoms with E-state index >= 15 is 0 Å². The molecule has 2 N–H and O–H groups in total. The number of aliphatic hydroxyl groups is 1. The summed E-state index contributed by atoms with van der Waals surface area (Å²) in [5.74, 6) is 0.0554. The van der Waals surface area contributed by atoms with Gasteiger partial charge in [0, 0.05) is 36.9 Å². The number of anilines is 1.